The Labute approximate surface area is 88.1 Å². The molecule has 80 valence electrons. The van der Waals surface area contributed by atoms with E-state index in [1.165, 1.54) is 18.2 Å². The van der Waals surface area contributed by atoms with Gasteiger partial charge in [-0.15, -0.1) is 0 Å². The molecule has 6 N–H and O–H groups in total. The van der Waals surface area contributed by atoms with Gasteiger partial charge in [0, 0.05) is 12.1 Å². The summed E-state index contributed by atoms with van der Waals surface area (Å²) in [4.78, 5) is 0. The second-order valence-corrected chi connectivity index (χ2v) is 3.21. The Morgan fingerprint density at radius 1 is 1.20 bits per heavy atom. The van der Waals surface area contributed by atoms with Crippen LogP contribution in [0.5, 0.6) is 0 Å². The highest BCUT2D eigenvalue weighted by Crippen LogP contribution is 2.07. The molecule has 0 saturated heterocycles. The summed E-state index contributed by atoms with van der Waals surface area (Å²) in [7, 11) is 0. The SMILES string of the molecule is NC(N)=C/C=C(\N)Cc1cccc(F)c1. The van der Waals surface area contributed by atoms with Crippen LogP contribution < -0.4 is 17.2 Å². The van der Waals surface area contributed by atoms with E-state index in [9.17, 15) is 4.39 Å². The molecule has 3 nitrogen and oxygen atoms in total. The van der Waals surface area contributed by atoms with E-state index in [4.69, 9.17) is 17.2 Å². The van der Waals surface area contributed by atoms with Crippen LogP contribution in [-0.2, 0) is 6.42 Å². The first-order valence-corrected chi connectivity index (χ1v) is 4.49. The molecule has 0 heterocycles. The molecule has 4 heteroatoms. The van der Waals surface area contributed by atoms with Crippen LogP contribution >= 0.6 is 0 Å². The second-order valence-electron chi connectivity index (χ2n) is 3.21. The highest BCUT2D eigenvalue weighted by molar-refractivity contribution is 5.23. The Morgan fingerprint density at radius 2 is 1.93 bits per heavy atom. The van der Waals surface area contributed by atoms with Crippen molar-refractivity contribution in [1.29, 1.82) is 0 Å². The molecule has 0 fully saturated rings. The number of nitrogens with two attached hydrogens (primary N) is 3. The van der Waals surface area contributed by atoms with Gasteiger partial charge < -0.3 is 17.2 Å². The van der Waals surface area contributed by atoms with Crippen LogP contribution in [0.4, 0.5) is 4.39 Å². The summed E-state index contributed by atoms with van der Waals surface area (Å²) in [6.07, 6.45) is 3.59. The number of hydrogen-bond donors (Lipinski definition) is 3. The van der Waals surface area contributed by atoms with E-state index in [2.05, 4.69) is 0 Å². The molecule has 0 bridgehead atoms. The molecule has 0 aliphatic rings. The number of hydrogen-bond acceptors (Lipinski definition) is 3. The first-order chi connectivity index (χ1) is 7.08. The lowest BCUT2D eigenvalue weighted by molar-refractivity contribution is 0.626. The smallest absolute Gasteiger partial charge is 0.123 e. The first-order valence-electron chi connectivity index (χ1n) is 4.49. The maximum Gasteiger partial charge on any atom is 0.123 e. The maximum atomic E-state index is 12.8. The molecular weight excluding hydrogens is 193 g/mol. The molecule has 0 amide bonds. The fraction of sp³-hybridized carbons (Fsp3) is 0.0909. The Hall–Kier alpha value is -1.97. The summed E-state index contributed by atoms with van der Waals surface area (Å²) in [5.41, 5.74) is 17.6. The Bertz CT molecular complexity index is 393. The Morgan fingerprint density at radius 3 is 2.53 bits per heavy atom. The van der Waals surface area contributed by atoms with Gasteiger partial charge in [0.25, 0.3) is 0 Å². The van der Waals surface area contributed by atoms with E-state index in [0.717, 1.165) is 5.56 Å². The first kappa shape index (κ1) is 11.1. The monoisotopic (exact) mass is 207 g/mol. The van der Waals surface area contributed by atoms with Gasteiger partial charge in [-0.1, -0.05) is 12.1 Å². The van der Waals surface area contributed by atoms with Crippen LogP contribution in [0.2, 0.25) is 0 Å². The minimum Gasteiger partial charge on any atom is -0.402 e. The van der Waals surface area contributed by atoms with Gasteiger partial charge in [-0.25, -0.2) is 4.39 Å². The van der Waals surface area contributed by atoms with E-state index in [1.807, 2.05) is 0 Å². The number of rotatable bonds is 3. The lowest BCUT2D eigenvalue weighted by atomic mass is 10.1. The molecule has 0 aromatic heterocycles. The van der Waals surface area contributed by atoms with Gasteiger partial charge in [0.05, 0.1) is 5.82 Å². The lowest BCUT2D eigenvalue weighted by Crippen LogP contribution is -2.08. The van der Waals surface area contributed by atoms with Crippen LogP contribution in [0.15, 0.2) is 47.9 Å². The highest BCUT2D eigenvalue weighted by atomic mass is 19.1. The van der Waals surface area contributed by atoms with Crippen molar-refractivity contribution in [2.24, 2.45) is 17.2 Å². The third kappa shape index (κ3) is 4.17. The Balaban J connectivity index is 2.70. The molecule has 1 aromatic rings. The van der Waals surface area contributed by atoms with Crippen molar-refractivity contribution in [2.75, 3.05) is 0 Å². The van der Waals surface area contributed by atoms with Crippen LogP contribution in [0.3, 0.4) is 0 Å². The van der Waals surface area contributed by atoms with E-state index in [0.29, 0.717) is 12.1 Å². The molecule has 0 unspecified atom stereocenters. The standard InChI is InChI=1S/C11H14FN3/c12-9-3-1-2-8(6-9)7-10(13)4-5-11(14)15/h1-6H,7,13-15H2/b10-4-. The van der Waals surface area contributed by atoms with Gasteiger partial charge in [0.1, 0.15) is 5.82 Å². The molecule has 1 aromatic carbocycles. The van der Waals surface area contributed by atoms with Crippen molar-refractivity contribution in [3.05, 3.63) is 59.3 Å². The third-order valence-corrected chi connectivity index (χ3v) is 1.79. The summed E-state index contributed by atoms with van der Waals surface area (Å²) in [5, 5.41) is 0. The topological polar surface area (TPSA) is 78.1 Å². The molecular formula is C11H14FN3. The molecule has 0 atom stereocenters. The van der Waals surface area contributed by atoms with E-state index >= 15 is 0 Å². The van der Waals surface area contributed by atoms with Crippen LogP contribution in [0, 0.1) is 5.82 Å². The van der Waals surface area contributed by atoms with Gasteiger partial charge in [0.15, 0.2) is 0 Å². The van der Waals surface area contributed by atoms with Crippen LogP contribution in [0.25, 0.3) is 0 Å². The molecule has 1 rings (SSSR count). The van der Waals surface area contributed by atoms with Crippen molar-refractivity contribution in [2.45, 2.75) is 6.42 Å². The van der Waals surface area contributed by atoms with Gasteiger partial charge in [-0.2, -0.15) is 0 Å². The van der Waals surface area contributed by atoms with Crippen LogP contribution in [-0.4, -0.2) is 0 Å². The van der Waals surface area contributed by atoms with Gasteiger partial charge in [-0.3, -0.25) is 0 Å². The van der Waals surface area contributed by atoms with Gasteiger partial charge >= 0.3 is 0 Å². The lowest BCUT2D eigenvalue weighted by Gasteiger charge is -2.01. The second kappa shape index (κ2) is 5.05. The average molecular weight is 207 g/mol. The van der Waals surface area contributed by atoms with Gasteiger partial charge in [-0.05, 0) is 29.8 Å². The quantitative estimate of drug-likeness (QED) is 0.646. The van der Waals surface area contributed by atoms with Crippen molar-refractivity contribution in [3.63, 3.8) is 0 Å². The molecule has 0 spiro atoms. The van der Waals surface area contributed by atoms with E-state index in [-0.39, 0.29) is 11.6 Å². The molecule has 0 aliphatic heterocycles. The minimum atomic E-state index is -0.269. The van der Waals surface area contributed by atoms with Gasteiger partial charge in [0.2, 0.25) is 0 Å². The summed E-state index contributed by atoms with van der Waals surface area (Å²) >= 11 is 0. The molecule has 15 heavy (non-hydrogen) atoms. The number of allylic oxidation sites excluding steroid dienone is 3. The number of halogens is 1. The largest absolute Gasteiger partial charge is 0.402 e. The zero-order valence-corrected chi connectivity index (χ0v) is 8.28. The summed E-state index contributed by atoms with van der Waals surface area (Å²) in [6.45, 7) is 0. The molecule has 0 saturated carbocycles. The van der Waals surface area contributed by atoms with Crippen molar-refractivity contribution in [3.8, 4) is 0 Å². The van der Waals surface area contributed by atoms with E-state index < -0.39 is 0 Å². The predicted molar refractivity (Wildman–Crippen MR) is 58.8 cm³/mol. The summed E-state index contributed by atoms with van der Waals surface area (Å²) < 4.78 is 12.8. The number of benzene rings is 1. The molecule has 0 radical (unpaired) electrons. The zero-order valence-electron chi connectivity index (χ0n) is 8.28. The molecule has 0 aliphatic carbocycles. The fourth-order valence-electron chi connectivity index (χ4n) is 1.14. The Kier molecular flexibility index (Phi) is 3.74. The third-order valence-electron chi connectivity index (χ3n) is 1.79. The fourth-order valence-corrected chi connectivity index (χ4v) is 1.14. The van der Waals surface area contributed by atoms with Crippen molar-refractivity contribution < 1.29 is 4.39 Å². The van der Waals surface area contributed by atoms with E-state index in [1.54, 1.807) is 18.2 Å². The predicted octanol–water partition coefficient (Wildman–Crippen LogP) is 0.970. The van der Waals surface area contributed by atoms with Crippen molar-refractivity contribution >= 4 is 0 Å². The van der Waals surface area contributed by atoms with Crippen molar-refractivity contribution in [1.82, 2.24) is 0 Å². The highest BCUT2D eigenvalue weighted by Gasteiger charge is 1.96. The minimum absolute atomic E-state index is 0.192. The zero-order chi connectivity index (χ0) is 11.3. The van der Waals surface area contributed by atoms with Crippen LogP contribution in [0.1, 0.15) is 5.56 Å². The maximum absolute atomic E-state index is 12.8. The summed E-state index contributed by atoms with van der Waals surface area (Å²) in [5.74, 6) is -0.0774. The summed E-state index contributed by atoms with van der Waals surface area (Å²) in [6, 6.07) is 6.28. The normalized spacial score (nSPS) is 11.1. The average Bonchev–Trinajstić information content (AvgIpc) is 2.15.